The number of nitrogens with zero attached hydrogens (tertiary/aromatic N) is 7. The van der Waals surface area contributed by atoms with E-state index in [1.165, 1.54) is 18.8 Å². The van der Waals surface area contributed by atoms with Crippen molar-refractivity contribution >= 4 is 5.91 Å². The van der Waals surface area contributed by atoms with Crippen molar-refractivity contribution in [2.75, 3.05) is 0 Å². The minimum absolute atomic E-state index is 0.0253. The van der Waals surface area contributed by atoms with E-state index >= 15 is 0 Å². The second-order valence-electron chi connectivity index (χ2n) is 11.7. The number of amides is 1. The molecule has 1 aliphatic heterocycles. The first-order chi connectivity index (χ1) is 24.7. The van der Waals surface area contributed by atoms with Crippen LogP contribution in [0.3, 0.4) is 0 Å². The number of nitrogens with one attached hydrogen (secondary N) is 1. The van der Waals surface area contributed by atoms with E-state index in [0.29, 0.717) is 51.5 Å². The fourth-order valence-corrected chi connectivity index (χ4v) is 5.62. The molecule has 0 spiro atoms. The van der Waals surface area contributed by atoms with Crippen LogP contribution in [0.25, 0.3) is 69.5 Å². The van der Waals surface area contributed by atoms with Gasteiger partial charge in [-0.15, -0.1) is 0 Å². The van der Waals surface area contributed by atoms with Gasteiger partial charge in [0, 0.05) is 6.42 Å². The molecule has 2 N–H and O–H groups in total. The summed E-state index contributed by atoms with van der Waals surface area (Å²) < 4.78 is 41.1. The van der Waals surface area contributed by atoms with Gasteiger partial charge in [0.2, 0.25) is 41.2 Å². The molecule has 7 aromatic heterocycles. The average Bonchev–Trinajstić information content (AvgIpc) is 3.94. The van der Waals surface area contributed by atoms with Crippen molar-refractivity contribution in [2.24, 2.45) is 0 Å². The van der Waals surface area contributed by atoms with Crippen LogP contribution in [-0.4, -0.2) is 45.9 Å². The summed E-state index contributed by atoms with van der Waals surface area (Å²) >= 11 is 0. The third-order valence-electron chi connectivity index (χ3n) is 8.18. The molecule has 1 aliphatic rings. The molecule has 0 radical (unpaired) electrons. The molecule has 17 heteroatoms. The summed E-state index contributed by atoms with van der Waals surface area (Å²) in [4.78, 5) is 45.5. The maximum Gasteiger partial charge on any atom is 0.273 e. The molecular formula is C34H24N8O9. The average molecular weight is 689 g/mol. The Morgan fingerprint density at radius 2 is 1.04 bits per heavy atom. The van der Waals surface area contributed by atoms with Crippen LogP contribution < -0.4 is 5.32 Å². The smallest absolute Gasteiger partial charge is 0.273 e. The van der Waals surface area contributed by atoms with E-state index in [0.717, 1.165) is 5.56 Å². The molecule has 9 rings (SSSR count). The first-order valence-corrected chi connectivity index (χ1v) is 15.5. The van der Waals surface area contributed by atoms with Gasteiger partial charge < -0.3 is 41.3 Å². The highest BCUT2D eigenvalue weighted by molar-refractivity contribution is 5.92. The Hall–Kier alpha value is -7.04. The third kappa shape index (κ3) is 5.18. The van der Waals surface area contributed by atoms with Crippen LogP contribution in [0.1, 0.15) is 51.0 Å². The van der Waals surface area contributed by atoms with Gasteiger partial charge in [0.05, 0.1) is 0 Å². The van der Waals surface area contributed by atoms with Gasteiger partial charge in [-0.25, -0.2) is 34.9 Å². The van der Waals surface area contributed by atoms with Crippen LogP contribution in [0, 0.1) is 27.7 Å². The van der Waals surface area contributed by atoms with E-state index in [1.54, 1.807) is 52.0 Å². The minimum atomic E-state index is -0.791. The Labute approximate surface area is 285 Å². The van der Waals surface area contributed by atoms with E-state index in [4.69, 9.17) is 35.9 Å². The van der Waals surface area contributed by atoms with Crippen LogP contribution >= 0.6 is 0 Å². The third-order valence-corrected chi connectivity index (χ3v) is 8.18. The summed E-state index contributed by atoms with van der Waals surface area (Å²) in [5, 5.41) is 12.8. The van der Waals surface area contributed by atoms with Crippen LogP contribution in [0.15, 0.2) is 74.0 Å². The lowest BCUT2D eigenvalue weighted by Crippen LogP contribution is -2.30. The van der Waals surface area contributed by atoms with Crippen LogP contribution in [0.5, 0.6) is 5.75 Å². The molecule has 1 amide bonds. The number of aromatic nitrogens is 7. The standard InChI is InChI=1S/C34H24N8O9/c1-13-23-31-36-20(10-46-31)27(44)35-19(9-17-5-7-18(43)8-6-17)29-39-25(15(3)48-29)33-42-24(14(2)51-33)32-38-21(11-47-32)28-37-22(12-45-28)30-40-26(16(4)49-30)34(41-23)50-13/h5-8,10-12,19,43H,9H2,1-4H3,(H,35,44). The molecule has 0 saturated heterocycles. The zero-order chi connectivity index (χ0) is 35.0. The monoisotopic (exact) mass is 688 g/mol. The predicted molar refractivity (Wildman–Crippen MR) is 170 cm³/mol. The van der Waals surface area contributed by atoms with Crippen LogP contribution in [0.4, 0.5) is 0 Å². The van der Waals surface area contributed by atoms with E-state index in [9.17, 15) is 9.90 Å². The Morgan fingerprint density at radius 3 is 1.71 bits per heavy atom. The number of phenolic OH excluding ortho intramolecular Hbond substituents is 1. The molecule has 1 atom stereocenters. The quantitative estimate of drug-likeness (QED) is 0.195. The van der Waals surface area contributed by atoms with Gasteiger partial charge in [0.25, 0.3) is 5.91 Å². The number of phenols is 1. The first-order valence-electron chi connectivity index (χ1n) is 15.5. The molecular weight excluding hydrogens is 664 g/mol. The number of oxazole rings is 7. The molecule has 51 heavy (non-hydrogen) atoms. The summed E-state index contributed by atoms with van der Waals surface area (Å²) in [7, 11) is 0. The van der Waals surface area contributed by atoms with Gasteiger partial charge in [-0.2, -0.15) is 0 Å². The SMILES string of the molecule is Cc1oc2nc1-c1nc(c(C)o1)-c1nc(co1)C(=O)NC(Cc1ccc(O)cc1)c1nc(c(C)o1)-c1nc(c(C)o1)-c1nc(co1)-c1nc-2co1. The molecule has 8 aromatic rings. The second kappa shape index (κ2) is 11.3. The van der Waals surface area contributed by atoms with E-state index in [2.05, 4.69) is 35.2 Å². The summed E-state index contributed by atoms with van der Waals surface area (Å²) in [5.41, 5.74) is 2.57. The minimum Gasteiger partial charge on any atom is -0.508 e. The topological polar surface area (TPSA) is 232 Å². The number of rotatable bonds is 2. The normalized spacial score (nSPS) is 14.0. The van der Waals surface area contributed by atoms with Crippen molar-refractivity contribution in [2.45, 2.75) is 40.2 Å². The van der Waals surface area contributed by atoms with Crippen molar-refractivity contribution in [1.29, 1.82) is 0 Å². The number of hydrogen-bond donors (Lipinski definition) is 2. The lowest BCUT2D eigenvalue weighted by Gasteiger charge is -2.15. The molecule has 0 aliphatic carbocycles. The van der Waals surface area contributed by atoms with Crippen LogP contribution in [-0.2, 0) is 6.42 Å². The van der Waals surface area contributed by atoms with Gasteiger partial charge in [-0.3, -0.25) is 4.79 Å². The lowest BCUT2D eigenvalue weighted by atomic mass is 10.1. The zero-order valence-corrected chi connectivity index (χ0v) is 27.2. The van der Waals surface area contributed by atoms with Gasteiger partial charge in [0.1, 0.15) is 53.6 Å². The van der Waals surface area contributed by atoms with E-state index < -0.39 is 11.9 Å². The summed E-state index contributed by atoms with van der Waals surface area (Å²) in [5.74, 6) is 2.09. The number of aryl methyl sites for hydroxylation is 4. The Balaban J connectivity index is 1.17. The van der Waals surface area contributed by atoms with E-state index in [1.807, 2.05) is 0 Å². The number of benzene rings is 1. The second-order valence-corrected chi connectivity index (χ2v) is 11.7. The molecule has 0 fully saturated rings. The fraction of sp³-hybridized carbons (Fsp3) is 0.176. The highest BCUT2D eigenvalue weighted by Crippen LogP contribution is 2.35. The fourth-order valence-electron chi connectivity index (χ4n) is 5.62. The van der Waals surface area contributed by atoms with Crippen molar-refractivity contribution in [3.8, 4) is 75.3 Å². The molecule has 0 saturated carbocycles. The largest absolute Gasteiger partial charge is 0.508 e. The van der Waals surface area contributed by atoms with Gasteiger partial charge in [0.15, 0.2) is 39.9 Å². The number of carbonyl (C=O) groups is 1. The summed E-state index contributed by atoms with van der Waals surface area (Å²) in [6.45, 7) is 6.81. The molecule has 254 valence electrons. The molecule has 1 unspecified atom stereocenters. The highest BCUT2D eigenvalue weighted by Gasteiger charge is 2.30. The first kappa shape index (κ1) is 30.1. The van der Waals surface area contributed by atoms with Crippen molar-refractivity contribution in [3.05, 3.63) is 83.2 Å². The van der Waals surface area contributed by atoms with E-state index in [-0.39, 0.29) is 64.8 Å². The number of carbonyl (C=O) groups excluding carboxylic acids is 1. The lowest BCUT2D eigenvalue weighted by molar-refractivity contribution is 0.0924. The molecule has 14 bridgehead atoms. The van der Waals surface area contributed by atoms with Gasteiger partial charge >= 0.3 is 0 Å². The van der Waals surface area contributed by atoms with Gasteiger partial charge in [-0.1, -0.05) is 12.1 Å². The summed E-state index contributed by atoms with van der Waals surface area (Å²) in [6, 6.07) is 5.77. The zero-order valence-electron chi connectivity index (χ0n) is 27.2. The number of hydrogen-bond acceptors (Lipinski definition) is 16. The maximum absolute atomic E-state index is 13.7. The highest BCUT2D eigenvalue weighted by atomic mass is 16.4. The number of fused-ring (bicyclic) bond motifs is 20. The van der Waals surface area contributed by atoms with Crippen molar-refractivity contribution < 1.29 is 40.8 Å². The maximum atomic E-state index is 13.7. The van der Waals surface area contributed by atoms with Crippen molar-refractivity contribution in [3.63, 3.8) is 0 Å². The molecule has 17 nitrogen and oxygen atoms in total. The number of aromatic hydroxyl groups is 1. The Kier molecular flexibility index (Phi) is 6.63. The van der Waals surface area contributed by atoms with Crippen LogP contribution in [0.2, 0.25) is 0 Å². The Bertz CT molecular complexity index is 2590. The summed E-state index contributed by atoms with van der Waals surface area (Å²) in [6.07, 6.45) is 4.23. The Morgan fingerprint density at radius 1 is 0.569 bits per heavy atom. The molecule has 8 heterocycles. The van der Waals surface area contributed by atoms with Crippen molar-refractivity contribution in [1.82, 2.24) is 40.2 Å². The predicted octanol–water partition coefficient (Wildman–Crippen LogP) is 6.57. The van der Waals surface area contributed by atoms with Gasteiger partial charge in [-0.05, 0) is 45.4 Å². The molecule has 1 aromatic carbocycles.